The van der Waals surface area contributed by atoms with E-state index in [9.17, 15) is 4.79 Å². The number of benzene rings is 1. The summed E-state index contributed by atoms with van der Waals surface area (Å²) in [4.78, 5) is 12.6. The number of amides is 2. The molecular weight excluding hydrogens is 276 g/mol. The smallest absolute Gasteiger partial charge is 0.327 e. The van der Waals surface area contributed by atoms with Gasteiger partial charge < -0.3 is 9.73 Å². The third-order valence-electron chi connectivity index (χ3n) is 2.41. The SMILES string of the molecule is O=C(Nc1ccccc1)Nc1nnc(-c2cccs2)o1. The lowest BCUT2D eigenvalue weighted by Crippen LogP contribution is -2.19. The minimum absolute atomic E-state index is 0.0573. The first-order valence-corrected chi connectivity index (χ1v) is 6.70. The summed E-state index contributed by atoms with van der Waals surface area (Å²) >= 11 is 1.49. The topological polar surface area (TPSA) is 80.0 Å². The lowest BCUT2D eigenvalue weighted by Gasteiger charge is -2.03. The Hall–Kier alpha value is -2.67. The lowest BCUT2D eigenvalue weighted by atomic mass is 10.3. The zero-order chi connectivity index (χ0) is 13.8. The van der Waals surface area contributed by atoms with E-state index in [1.54, 1.807) is 12.1 Å². The van der Waals surface area contributed by atoms with Crippen LogP contribution >= 0.6 is 11.3 Å². The van der Waals surface area contributed by atoms with Gasteiger partial charge in [0.2, 0.25) is 0 Å². The summed E-state index contributed by atoms with van der Waals surface area (Å²) in [7, 11) is 0. The summed E-state index contributed by atoms with van der Waals surface area (Å²) in [6.45, 7) is 0. The van der Waals surface area contributed by atoms with Crippen LogP contribution in [0.3, 0.4) is 0 Å². The Morgan fingerprint density at radius 1 is 1.05 bits per heavy atom. The van der Waals surface area contributed by atoms with Gasteiger partial charge in [-0.2, -0.15) is 0 Å². The number of hydrogen-bond donors (Lipinski definition) is 2. The zero-order valence-electron chi connectivity index (χ0n) is 10.2. The number of nitrogens with zero attached hydrogens (tertiary/aromatic N) is 2. The van der Waals surface area contributed by atoms with E-state index >= 15 is 0 Å². The molecule has 20 heavy (non-hydrogen) atoms. The van der Waals surface area contributed by atoms with Crippen LogP contribution in [0.2, 0.25) is 0 Å². The summed E-state index contributed by atoms with van der Waals surface area (Å²) in [5.74, 6) is 0.384. The number of urea groups is 1. The van der Waals surface area contributed by atoms with Gasteiger partial charge in [-0.1, -0.05) is 29.4 Å². The van der Waals surface area contributed by atoms with Gasteiger partial charge in [0, 0.05) is 5.69 Å². The van der Waals surface area contributed by atoms with Gasteiger partial charge in [0.1, 0.15) is 0 Å². The Labute approximate surface area is 118 Å². The number of carbonyl (C=O) groups excluding carboxylic acids is 1. The number of hydrogen-bond acceptors (Lipinski definition) is 5. The largest absolute Gasteiger partial charge is 0.402 e. The second-order valence-corrected chi connectivity index (χ2v) is 4.78. The highest BCUT2D eigenvalue weighted by molar-refractivity contribution is 7.13. The van der Waals surface area contributed by atoms with E-state index in [2.05, 4.69) is 20.8 Å². The monoisotopic (exact) mass is 286 g/mol. The molecule has 0 saturated carbocycles. The van der Waals surface area contributed by atoms with Crippen molar-refractivity contribution in [1.82, 2.24) is 10.2 Å². The van der Waals surface area contributed by atoms with Crippen molar-refractivity contribution in [3.63, 3.8) is 0 Å². The molecule has 0 aliphatic carbocycles. The molecular formula is C13H10N4O2S. The van der Waals surface area contributed by atoms with Gasteiger partial charge >= 0.3 is 12.0 Å². The molecule has 0 unspecified atom stereocenters. The highest BCUT2D eigenvalue weighted by Gasteiger charge is 2.11. The van der Waals surface area contributed by atoms with Crippen LogP contribution in [0, 0.1) is 0 Å². The molecule has 0 atom stereocenters. The fraction of sp³-hybridized carbons (Fsp3) is 0. The van der Waals surface area contributed by atoms with E-state index in [0.717, 1.165) is 4.88 Å². The number of anilines is 2. The maximum absolute atomic E-state index is 11.7. The third kappa shape index (κ3) is 2.83. The van der Waals surface area contributed by atoms with Crippen LogP contribution in [-0.2, 0) is 0 Å². The predicted octanol–water partition coefficient (Wildman–Crippen LogP) is 3.44. The van der Waals surface area contributed by atoms with Crippen molar-refractivity contribution in [3.8, 4) is 10.8 Å². The van der Waals surface area contributed by atoms with Crippen molar-refractivity contribution in [3.05, 3.63) is 47.8 Å². The molecule has 0 spiro atoms. The number of nitrogens with one attached hydrogen (secondary N) is 2. The highest BCUT2D eigenvalue weighted by atomic mass is 32.1. The van der Waals surface area contributed by atoms with Crippen LogP contribution < -0.4 is 10.6 Å². The molecule has 1 aromatic carbocycles. The van der Waals surface area contributed by atoms with Crippen LogP contribution in [0.5, 0.6) is 0 Å². The van der Waals surface area contributed by atoms with Crippen LogP contribution in [-0.4, -0.2) is 16.2 Å². The van der Waals surface area contributed by atoms with Gasteiger partial charge in [0.15, 0.2) is 0 Å². The minimum atomic E-state index is -0.433. The molecule has 2 aromatic heterocycles. The van der Waals surface area contributed by atoms with Crippen LogP contribution in [0.15, 0.2) is 52.3 Å². The molecule has 0 aliphatic heterocycles. The Morgan fingerprint density at radius 2 is 1.90 bits per heavy atom. The van der Waals surface area contributed by atoms with Crippen LogP contribution in [0.25, 0.3) is 10.8 Å². The molecule has 2 amide bonds. The fourth-order valence-electron chi connectivity index (χ4n) is 1.55. The maximum Gasteiger partial charge on any atom is 0.327 e. The highest BCUT2D eigenvalue weighted by Crippen LogP contribution is 2.24. The average molecular weight is 286 g/mol. The van der Waals surface area contributed by atoms with Gasteiger partial charge in [-0.3, -0.25) is 5.32 Å². The molecule has 3 aromatic rings. The normalized spacial score (nSPS) is 10.2. The summed E-state index contributed by atoms with van der Waals surface area (Å²) in [6, 6.07) is 12.5. The number of aromatic nitrogens is 2. The second-order valence-electron chi connectivity index (χ2n) is 3.83. The van der Waals surface area contributed by atoms with Crippen molar-refractivity contribution < 1.29 is 9.21 Å². The number of rotatable bonds is 3. The predicted molar refractivity (Wildman–Crippen MR) is 76.7 cm³/mol. The van der Waals surface area contributed by atoms with E-state index in [1.165, 1.54) is 11.3 Å². The molecule has 6 nitrogen and oxygen atoms in total. The maximum atomic E-state index is 11.7. The summed E-state index contributed by atoms with van der Waals surface area (Å²) in [5.41, 5.74) is 0.683. The van der Waals surface area contributed by atoms with Gasteiger partial charge in [-0.25, -0.2) is 4.79 Å². The molecule has 0 aliphatic rings. The Morgan fingerprint density at radius 3 is 2.65 bits per heavy atom. The van der Waals surface area contributed by atoms with E-state index in [4.69, 9.17) is 4.42 Å². The molecule has 0 bridgehead atoms. The molecule has 2 heterocycles. The van der Waals surface area contributed by atoms with Gasteiger partial charge in [0.05, 0.1) is 4.88 Å². The summed E-state index contributed by atoms with van der Waals surface area (Å²) < 4.78 is 5.35. The Bertz CT molecular complexity index is 694. The second kappa shape index (κ2) is 5.54. The van der Waals surface area contributed by atoms with Crippen molar-refractivity contribution in [1.29, 1.82) is 0 Å². The summed E-state index contributed by atoms with van der Waals surface area (Å²) in [6.07, 6.45) is 0. The number of para-hydroxylation sites is 1. The molecule has 7 heteroatoms. The molecule has 100 valence electrons. The standard InChI is InChI=1S/C13H10N4O2S/c18-12(14-9-5-2-1-3-6-9)15-13-17-16-11(19-13)10-7-4-8-20-10/h1-8H,(H2,14,15,17,18). The van der Waals surface area contributed by atoms with Gasteiger partial charge in [-0.05, 0) is 23.6 Å². The number of carbonyl (C=O) groups is 1. The van der Waals surface area contributed by atoms with Crippen LogP contribution in [0.4, 0.5) is 16.5 Å². The van der Waals surface area contributed by atoms with Crippen molar-refractivity contribution in [2.75, 3.05) is 10.6 Å². The lowest BCUT2D eigenvalue weighted by molar-refractivity contribution is 0.261. The first-order valence-electron chi connectivity index (χ1n) is 5.82. The van der Waals surface area contributed by atoms with Gasteiger partial charge in [0.25, 0.3) is 5.89 Å². The first kappa shape index (κ1) is 12.4. The molecule has 0 fully saturated rings. The fourth-order valence-corrected chi connectivity index (χ4v) is 2.20. The molecule has 2 N–H and O–H groups in total. The van der Waals surface area contributed by atoms with Crippen LogP contribution in [0.1, 0.15) is 0 Å². The van der Waals surface area contributed by atoms with Crippen molar-refractivity contribution in [2.45, 2.75) is 0 Å². The van der Waals surface area contributed by atoms with Crippen molar-refractivity contribution in [2.24, 2.45) is 0 Å². The molecule has 0 saturated heterocycles. The molecule has 0 radical (unpaired) electrons. The van der Waals surface area contributed by atoms with E-state index < -0.39 is 6.03 Å². The number of thiophene rings is 1. The van der Waals surface area contributed by atoms with E-state index in [1.807, 2.05) is 35.7 Å². The first-order chi connectivity index (χ1) is 9.81. The van der Waals surface area contributed by atoms with Gasteiger partial charge in [-0.15, -0.1) is 16.4 Å². The quantitative estimate of drug-likeness (QED) is 0.773. The Kier molecular flexibility index (Phi) is 3.42. The van der Waals surface area contributed by atoms with E-state index in [0.29, 0.717) is 11.6 Å². The third-order valence-corrected chi connectivity index (χ3v) is 3.27. The Balaban J connectivity index is 1.65. The van der Waals surface area contributed by atoms with Crippen molar-refractivity contribution >= 4 is 29.1 Å². The zero-order valence-corrected chi connectivity index (χ0v) is 11.1. The summed E-state index contributed by atoms with van der Waals surface area (Å²) in [5, 5.41) is 14.7. The van der Waals surface area contributed by atoms with E-state index in [-0.39, 0.29) is 6.01 Å². The minimum Gasteiger partial charge on any atom is -0.402 e. The average Bonchev–Trinajstić information content (AvgIpc) is 3.10. The molecule has 3 rings (SSSR count).